The fourth-order valence-electron chi connectivity index (χ4n) is 3.52. The van der Waals surface area contributed by atoms with Crippen molar-refractivity contribution in [3.05, 3.63) is 66.2 Å². The number of benzene rings is 2. The lowest BCUT2D eigenvalue weighted by Gasteiger charge is -2.14. The number of nitrogens with zero attached hydrogens (tertiary/aromatic N) is 3. The number of amides is 1. The van der Waals surface area contributed by atoms with Crippen LogP contribution in [0, 0.1) is 0 Å². The van der Waals surface area contributed by atoms with Crippen molar-refractivity contribution in [2.75, 3.05) is 22.5 Å². The number of primary sulfonamides is 1. The SMILES string of the molecule is C[C@H](N)C(=O)Nc1ccc(-c2ccc3nc(NCc4ccc(S(N)(=O)=O)cc4)nc(NCC(F)(F)F)c3n2)cc1. The molecular formula is C25H25F3N8O3S. The third-order valence-corrected chi connectivity index (χ3v) is 6.49. The first-order valence-corrected chi connectivity index (χ1v) is 13.3. The zero-order valence-electron chi connectivity index (χ0n) is 21.0. The molecule has 210 valence electrons. The highest BCUT2D eigenvalue weighted by molar-refractivity contribution is 7.89. The number of fused-ring (bicyclic) bond motifs is 1. The van der Waals surface area contributed by atoms with Crippen LogP contribution in [0.5, 0.6) is 0 Å². The molecule has 40 heavy (non-hydrogen) atoms. The van der Waals surface area contributed by atoms with Crippen molar-refractivity contribution in [3.63, 3.8) is 0 Å². The number of carbonyl (C=O) groups excluding carboxylic acids is 1. The summed E-state index contributed by atoms with van der Waals surface area (Å²) in [5.74, 6) is -0.437. The van der Waals surface area contributed by atoms with E-state index >= 15 is 0 Å². The molecule has 4 aromatic rings. The minimum atomic E-state index is -4.51. The molecule has 0 bridgehead atoms. The van der Waals surface area contributed by atoms with E-state index in [0.717, 1.165) is 0 Å². The molecule has 0 radical (unpaired) electrons. The van der Waals surface area contributed by atoms with E-state index in [1.165, 1.54) is 24.3 Å². The van der Waals surface area contributed by atoms with Gasteiger partial charge in [-0.2, -0.15) is 18.2 Å². The van der Waals surface area contributed by atoms with Crippen LogP contribution in [-0.2, 0) is 21.4 Å². The van der Waals surface area contributed by atoms with E-state index in [0.29, 0.717) is 22.5 Å². The second-order valence-corrected chi connectivity index (χ2v) is 10.4. The number of pyridine rings is 1. The van der Waals surface area contributed by atoms with E-state index < -0.39 is 28.8 Å². The first-order chi connectivity index (χ1) is 18.8. The molecule has 0 aliphatic heterocycles. The zero-order valence-corrected chi connectivity index (χ0v) is 21.8. The van der Waals surface area contributed by atoms with Gasteiger partial charge in [0.1, 0.15) is 12.1 Å². The van der Waals surface area contributed by atoms with Crippen LogP contribution in [0.2, 0.25) is 0 Å². The summed E-state index contributed by atoms with van der Waals surface area (Å²) in [7, 11) is -3.84. The molecular weight excluding hydrogens is 549 g/mol. The number of alkyl halides is 3. The first-order valence-electron chi connectivity index (χ1n) is 11.8. The molecule has 1 amide bonds. The normalized spacial score (nSPS) is 12.7. The molecule has 4 rings (SSSR count). The number of aromatic nitrogens is 3. The molecule has 7 N–H and O–H groups in total. The van der Waals surface area contributed by atoms with Crippen LogP contribution in [0.3, 0.4) is 0 Å². The molecule has 11 nitrogen and oxygen atoms in total. The highest BCUT2D eigenvalue weighted by Crippen LogP contribution is 2.27. The Balaban J connectivity index is 1.61. The predicted octanol–water partition coefficient (Wildman–Crippen LogP) is 3.21. The third-order valence-electron chi connectivity index (χ3n) is 5.56. The number of anilines is 3. The maximum absolute atomic E-state index is 13.0. The molecule has 0 unspecified atom stereocenters. The summed E-state index contributed by atoms with van der Waals surface area (Å²) >= 11 is 0. The molecule has 2 aromatic heterocycles. The molecule has 0 spiro atoms. The van der Waals surface area contributed by atoms with Crippen molar-refractivity contribution in [3.8, 4) is 11.3 Å². The van der Waals surface area contributed by atoms with Gasteiger partial charge in [-0.25, -0.2) is 23.5 Å². The Morgan fingerprint density at radius 1 is 0.950 bits per heavy atom. The fraction of sp³-hybridized carbons (Fsp3) is 0.200. The minimum absolute atomic E-state index is 0.0384. The lowest BCUT2D eigenvalue weighted by molar-refractivity contribution is -0.117. The smallest absolute Gasteiger partial charge is 0.359 e. The van der Waals surface area contributed by atoms with E-state index in [4.69, 9.17) is 10.9 Å². The molecule has 0 aliphatic carbocycles. The van der Waals surface area contributed by atoms with E-state index in [-0.39, 0.29) is 40.1 Å². The summed E-state index contributed by atoms with van der Waals surface area (Å²) in [4.78, 5) is 24.8. The van der Waals surface area contributed by atoms with Crippen LogP contribution in [0.15, 0.2) is 65.6 Å². The van der Waals surface area contributed by atoms with Gasteiger partial charge in [0.05, 0.1) is 22.1 Å². The van der Waals surface area contributed by atoms with Crippen LogP contribution in [0.25, 0.3) is 22.3 Å². The van der Waals surface area contributed by atoms with E-state index in [2.05, 4.69) is 30.9 Å². The molecule has 1 atom stereocenters. The molecule has 0 aliphatic rings. The largest absolute Gasteiger partial charge is 0.405 e. The molecule has 2 aromatic carbocycles. The summed E-state index contributed by atoms with van der Waals surface area (Å²) in [6.07, 6.45) is -4.51. The Morgan fingerprint density at radius 3 is 2.23 bits per heavy atom. The zero-order chi connectivity index (χ0) is 29.1. The van der Waals surface area contributed by atoms with Gasteiger partial charge in [-0.05, 0) is 48.9 Å². The van der Waals surface area contributed by atoms with Crippen LogP contribution in [-0.4, -0.2) is 48.0 Å². The Hall–Kier alpha value is -4.34. The average molecular weight is 575 g/mol. The van der Waals surface area contributed by atoms with Crippen molar-refractivity contribution < 1.29 is 26.4 Å². The van der Waals surface area contributed by atoms with Gasteiger partial charge in [-0.15, -0.1) is 0 Å². The van der Waals surface area contributed by atoms with Crippen molar-refractivity contribution in [1.29, 1.82) is 0 Å². The fourth-order valence-corrected chi connectivity index (χ4v) is 4.04. The van der Waals surface area contributed by atoms with Gasteiger partial charge >= 0.3 is 6.18 Å². The lowest BCUT2D eigenvalue weighted by Crippen LogP contribution is -2.32. The molecule has 2 heterocycles. The summed E-state index contributed by atoms with van der Waals surface area (Å²) in [6, 6.07) is 15.1. The quantitative estimate of drug-likeness (QED) is 0.201. The standard InChI is InChI=1S/C25H25F3N8O3S/c1-14(29)23(37)33-17-6-4-16(5-7-17)19-10-11-20-21(34-19)22(32-13-25(26,27)28)36-24(35-20)31-12-15-2-8-18(9-3-15)40(30,38)39/h2-11,14H,12-13,29H2,1H3,(H,33,37)(H2,30,38,39)(H2,31,32,35,36)/t14-/m0/s1. The van der Waals surface area contributed by atoms with Gasteiger partial charge in [-0.3, -0.25) is 4.79 Å². The maximum atomic E-state index is 13.0. The van der Waals surface area contributed by atoms with Gasteiger partial charge in [-0.1, -0.05) is 24.3 Å². The Morgan fingerprint density at radius 2 is 1.62 bits per heavy atom. The van der Waals surface area contributed by atoms with Crippen molar-refractivity contribution >= 4 is 44.4 Å². The van der Waals surface area contributed by atoms with Crippen LogP contribution in [0.4, 0.5) is 30.6 Å². The number of carbonyl (C=O) groups is 1. The van der Waals surface area contributed by atoms with Crippen molar-refractivity contribution in [2.45, 2.75) is 30.6 Å². The van der Waals surface area contributed by atoms with Gasteiger partial charge < -0.3 is 21.7 Å². The average Bonchev–Trinajstić information content (AvgIpc) is 2.90. The maximum Gasteiger partial charge on any atom is 0.405 e. The van der Waals surface area contributed by atoms with Crippen molar-refractivity contribution in [1.82, 2.24) is 15.0 Å². The Kier molecular flexibility index (Phi) is 8.18. The molecule has 15 heteroatoms. The summed E-state index contributed by atoms with van der Waals surface area (Å²) in [6.45, 7) is 0.379. The highest BCUT2D eigenvalue weighted by atomic mass is 32.2. The van der Waals surface area contributed by atoms with Crippen LogP contribution >= 0.6 is 0 Å². The first kappa shape index (κ1) is 28.7. The number of sulfonamides is 1. The van der Waals surface area contributed by atoms with Gasteiger partial charge in [0.15, 0.2) is 5.82 Å². The number of nitrogens with two attached hydrogens (primary N) is 2. The number of rotatable bonds is 9. The molecule has 0 saturated heterocycles. The van der Waals surface area contributed by atoms with Gasteiger partial charge in [0.25, 0.3) is 0 Å². The topological polar surface area (TPSA) is 178 Å². The van der Waals surface area contributed by atoms with Gasteiger partial charge in [0, 0.05) is 17.8 Å². The highest BCUT2D eigenvalue weighted by Gasteiger charge is 2.27. The number of hydrogen-bond acceptors (Lipinski definition) is 9. The van der Waals surface area contributed by atoms with Crippen LogP contribution < -0.4 is 26.8 Å². The van der Waals surface area contributed by atoms with E-state index in [9.17, 15) is 26.4 Å². The summed E-state index contributed by atoms with van der Waals surface area (Å²) in [5.41, 5.74) is 8.26. The predicted molar refractivity (Wildman–Crippen MR) is 145 cm³/mol. The van der Waals surface area contributed by atoms with Crippen molar-refractivity contribution in [2.24, 2.45) is 10.9 Å². The van der Waals surface area contributed by atoms with Gasteiger partial charge in [0.2, 0.25) is 21.9 Å². The molecule has 0 fully saturated rings. The monoisotopic (exact) mass is 574 g/mol. The number of halogens is 3. The molecule has 0 saturated carbocycles. The second-order valence-electron chi connectivity index (χ2n) is 8.83. The van der Waals surface area contributed by atoms with E-state index in [1.807, 2.05) is 0 Å². The Bertz CT molecular complexity index is 1630. The third kappa shape index (κ3) is 7.40. The Labute approximate surface area is 227 Å². The minimum Gasteiger partial charge on any atom is -0.359 e. The second kappa shape index (κ2) is 11.4. The number of nitrogens with one attached hydrogen (secondary N) is 3. The summed E-state index contributed by atoms with van der Waals surface area (Å²) in [5, 5.41) is 13.0. The van der Waals surface area contributed by atoms with E-state index in [1.54, 1.807) is 43.3 Å². The van der Waals surface area contributed by atoms with Crippen LogP contribution in [0.1, 0.15) is 12.5 Å². The number of hydrogen-bond donors (Lipinski definition) is 5. The lowest BCUT2D eigenvalue weighted by atomic mass is 10.1. The summed E-state index contributed by atoms with van der Waals surface area (Å²) < 4.78 is 61.9.